The Morgan fingerprint density at radius 2 is 1.92 bits per heavy atom. The van der Waals surface area contributed by atoms with E-state index in [4.69, 9.17) is 9.73 Å². The zero-order valence-electron chi connectivity index (χ0n) is 16.3. The number of hydrogen-bond donors (Lipinski definition) is 1. The highest BCUT2D eigenvalue weighted by Gasteiger charge is 2.30. The molecule has 6 heteroatoms. The minimum absolute atomic E-state index is 0.174. The number of carbonyl (C=O) groups is 1. The average Bonchev–Trinajstić information content (AvgIpc) is 3.14. The average molecular weight is 353 g/mol. The number of guanidine groups is 1. The first-order valence-corrected chi connectivity index (χ1v) is 10.1. The van der Waals surface area contributed by atoms with Crippen molar-refractivity contribution >= 4 is 11.9 Å². The molecule has 0 spiro atoms. The highest BCUT2D eigenvalue weighted by molar-refractivity contribution is 5.82. The Kier molecular flexibility index (Phi) is 8.52. The van der Waals surface area contributed by atoms with E-state index in [2.05, 4.69) is 31.0 Å². The Balaban J connectivity index is 1.77. The molecule has 1 amide bonds. The van der Waals surface area contributed by atoms with Crippen molar-refractivity contribution in [3.63, 3.8) is 0 Å². The minimum Gasteiger partial charge on any atom is -0.368 e. The fourth-order valence-corrected chi connectivity index (χ4v) is 3.39. The van der Waals surface area contributed by atoms with Crippen LogP contribution in [0.4, 0.5) is 0 Å². The Morgan fingerprint density at radius 3 is 2.52 bits per heavy atom. The fraction of sp³-hybridized carbons (Fsp3) is 0.895. The molecule has 0 aromatic rings. The molecule has 2 aliphatic rings. The van der Waals surface area contributed by atoms with Crippen molar-refractivity contribution in [3.05, 3.63) is 0 Å². The van der Waals surface area contributed by atoms with E-state index in [-0.39, 0.29) is 12.0 Å². The van der Waals surface area contributed by atoms with Crippen molar-refractivity contribution in [3.8, 4) is 0 Å². The SMILES string of the molecule is CCNC(=NCCCCC(C)C)N1CCN(C(=O)C2CCCO2)CC1. The summed E-state index contributed by atoms with van der Waals surface area (Å²) in [6.45, 7) is 12.3. The van der Waals surface area contributed by atoms with E-state index in [1.165, 1.54) is 12.8 Å². The molecule has 1 atom stereocenters. The van der Waals surface area contributed by atoms with E-state index in [1.807, 2.05) is 4.90 Å². The van der Waals surface area contributed by atoms with Crippen LogP contribution in [0.1, 0.15) is 52.9 Å². The van der Waals surface area contributed by atoms with Gasteiger partial charge in [-0.05, 0) is 32.1 Å². The van der Waals surface area contributed by atoms with Crippen molar-refractivity contribution < 1.29 is 9.53 Å². The fourth-order valence-electron chi connectivity index (χ4n) is 3.39. The van der Waals surface area contributed by atoms with Gasteiger partial charge in [0.25, 0.3) is 5.91 Å². The molecular weight excluding hydrogens is 316 g/mol. The lowest BCUT2D eigenvalue weighted by Gasteiger charge is -2.37. The molecule has 0 radical (unpaired) electrons. The summed E-state index contributed by atoms with van der Waals surface area (Å²) in [6, 6.07) is 0. The molecule has 2 aliphatic heterocycles. The van der Waals surface area contributed by atoms with Gasteiger partial charge in [0, 0.05) is 45.9 Å². The van der Waals surface area contributed by atoms with Crippen LogP contribution in [0.15, 0.2) is 4.99 Å². The van der Waals surface area contributed by atoms with Crippen LogP contribution < -0.4 is 5.32 Å². The summed E-state index contributed by atoms with van der Waals surface area (Å²) in [7, 11) is 0. The topological polar surface area (TPSA) is 57.2 Å². The lowest BCUT2D eigenvalue weighted by Crippen LogP contribution is -2.55. The lowest BCUT2D eigenvalue weighted by atomic mass is 10.1. The Hall–Kier alpha value is -1.30. The molecule has 0 aliphatic carbocycles. The standard InChI is InChI=1S/C19H36N4O2/c1-4-20-19(21-10-6-5-8-16(2)3)23-13-11-22(12-14-23)18(24)17-9-7-15-25-17/h16-17H,4-15H2,1-3H3,(H,20,21). The van der Waals surface area contributed by atoms with E-state index >= 15 is 0 Å². The van der Waals surface area contributed by atoms with E-state index < -0.39 is 0 Å². The largest absolute Gasteiger partial charge is 0.368 e. The van der Waals surface area contributed by atoms with Gasteiger partial charge in [0.2, 0.25) is 0 Å². The first-order valence-electron chi connectivity index (χ1n) is 10.1. The predicted octanol–water partition coefficient (Wildman–Crippen LogP) is 2.10. The van der Waals surface area contributed by atoms with E-state index in [9.17, 15) is 4.79 Å². The summed E-state index contributed by atoms with van der Waals surface area (Å²) in [5.41, 5.74) is 0. The van der Waals surface area contributed by atoms with Crippen LogP contribution in [0.2, 0.25) is 0 Å². The molecule has 1 unspecified atom stereocenters. The van der Waals surface area contributed by atoms with Crippen LogP contribution in [0.5, 0.6) is 0 Å². The van der Waals surface area contributed by atoms with Gasteiger partial charge in [0.05, 0.1) is 0 Å². The molecule has 2 saturated heterocycles. The highest BCUT2D eigenvalue weighted by atomic mass is 16.5. The zero-order valence-corrected chi connectivity index (χ0v) is 16.3. The number of rotatable bonds is 7. The quantitative estimate of drug-likeness (QED) is 0.433. The number of ether oxygens (including phenoxy) is 1. The second-order valence-corrected chi connectivity index (χ2v) is 7.44. The third kappa shape index (κ3) is 6.49. The number of carbonyl (C=O) groups excluding carboxylic acids is 1. The smallest absolute Gasteiger partial charge is 0.251 e. The second kappa shape index (κ2) is 10.6. The minimum atomic E-state index is -0.200. The maximum absolute atomic E-state index is 12.4. The number of hydrogen-bond acceptors (Lipinski definition) is 3. The van der Waals surface area contributed by atoms with Gasteiger partial charge < -0.3 is 19.9 Å². The van der Waals surface area contributed by atoms with Crippen LogP contribution in [-0.4, -0.2) is 73.6 Å². The highest BCUT2D eigenvalue weighted by Crippen LogP contribution is 2.16. The summed E-state index contributed by atoms with van der Waals surface area (Å²) in [6.07, 6.45) is 5.34. The summed E-state index contributed by atoms with van der Waals surface area (Å²) in [5, 5.41) is 3.40. The molecule has 2 rings (SSSR count). The van der Waals surface area contributed by atoms with Crippen molar-refractivity contribution in [1.29, 1.82) is 0 Å². The van der Waals surface area contributed by atoms with Gasteiger partial charge in [-0.3, -0.25) is 9.79 Å². The van der Waals surface area contributed by atoms with Crippen LogP contribution >= 0.6 is 0 Å². The number of piperazine rings is 1. The van der Waals surface area contributed by atoms with Crippen LogP contribution in [0.25, 0.3) is 0 Å². The van der Waals surface area contributed by atoms with Gasteiger partial charge in [-0.25, -0.2) is 0 Å². The maximum Gasteiger partial charge on any atom is 0.251 e. The van der Waals surface area contributed by atoms with E-state index in [0.29, 0.717) is 0 Å². The van der Waals surface area contributed by atoms with Crippen molar-refractivity contribution in [2.24, 2.45) is 10.9 Å². The van der Waals surface area contributed by atoms with Crippen molar-refractivity contribution in [2.75, 3.05) is 45.9 Å². The van der Waals surface area contributed by atoms with Crippen LogP contribution in [-0.2, 0) is 9.53 Å². The third-order valence-electron chi connectivity index (χ3n) is 4.88. The number of unbranched alkanes of at least 4 members (excludes halogenated alkanes) is 1. The number of nitrogens with one attached hydrogen (secondary N) is 1. The molecule has 2 heterocycles. The summed E-state index contributed by atoms with van der Waals surface area (Å²) >= 11 is 0. The molecule has 0 saturated carbocycles. The monoisotopic (exact) mass is 352 g/mol. The molecule has 1 N–H and O–H groups in total. The molecule has 0 aromatic heterocycles. The first-order chi connectivity index (χ1) is 12.1. The van der Waals surface area contributed by atoms with Crippen LogP contribution in [0.3, 0.4) is 0 Å². The predicted molar refractivity (Wildman–Crippen MR) is 102 cm³/mol. The number of nitrogens with zero attached hydrogens (tertiary/aromatic N) is 3. The van der Waals surface area contributed by atoms with Gasteiger partial charge in [0.1, 0.15) is 6.10 Å². The van der Waals surface area contributed by atoms with Gasteiger partial charge in [-0.1, -0.05) is 26.7 Å². The summed E-state index contributed by atoms with van der Waals surface area (Å²) < 4.78 is 5.53. The molecule has 2 fully saturated rings. The molecular formula is C19H36N4O2. The van der Waals surface area contributed by atoms with Crippen molar-refractivity contribution in [2.45, 2.75) is 59.0 Å². The molecule has 144 valence electrons. The van der Waals surface area contributed by atoms with Crippen LogP contribution in [0, 0.1) is 5.92 Å². The Morgan fingerprint density at radius 1 is 1.20 bits per heavy atom. The molecule has 0 bridgehead atoms. The normalized spacial score (nSPS) is 21.9. The van der Waals surface area contributed by atoms with E-state index in [0.717, 1.165) is 77.0 Å². The Labute approximate surface area is 153 Å². The van der Waals surface area contributed by atoms with Gasteiger partial charge in [0.15, 0.2) is 5.96 Å². The molecule has 6 nitrogen and oxygen atoms in total. The summed E-state index contributed by atoms with van der Waals surface area (Å²) in [5.74, 6) is 1.94. The Bertz CT molecular complexity index is 425. The van der Waals surface area contributed by atoms with Gasteiger partial charge in [-0.15, -0.1) is 0 Å². The van der Waals surface area contributed by atoms with Gasteiger partial charge >= 0.3 is 0 Å². The number of aliphatic imine (C=N–C) groups is 1. The van der Waals surface area contributed by atoms with Crippen molar-refractivity contribution in [1.82, 2.24) is 15.1 Å². The number of amides is 1. The molecule has 0 aromatic carbocycles. The zero-order chi connectivity index (χ0) is 18.1. The van der Waals surface area contributed by atoms with E-state index in [1.54, 1.807) is 0 Å². The second-order valence-electron chi connectivity index (χ2n) is 7.44. The third-order valence-corrected chi connectivity index (χ3v) is 4.88. The first kappa shape index (κ1) is 20.0. The van der Waals surface area contributed by atoms with Gasteiger partial charge in [-0.2, -0.15) is 0 Å². The maximum atomic E-state index is 12.4. The lowest BCUT2D eigenvalue weighted by molar-refractivity contribution is -0.142. The molecule has 25 heavy (non-hydrogen) atoms. The summed E-state index contributed by atoms with van der Waals surface area (Å²) in [4.78, 5) is 21.5.